The van der Waals surface area contributed by atoms with E-state index >= 15 is 0 Å². The van der Waals surface area contributed by atoms with E-state index in [0.29, 0.717) is 12.2 Å². The van der Waals surface area contributed by atoms with Crippen molar-refractivity contribution in [1.82, 2.24) is 0 Å². The molecule has 1 heterocycles. The van der Waals surface area contributed by atoms with Crippen LogP contribution in [-0.4, -0.2) is 12.2 Å². The summed E-state index contributed by atoms with van der Waals surface area (Å²) in [7, 11) is 0. The molecule has 1 saturated heterocycles. The van der Waals surface area contributed by atoms with Crippen LogP contribution in [0.15, 0.2) is 0 Å². The summed E-state index contributed by atoms with van der Waals surface area (Å²) in [5.41, 5.74) is 0. The van der Waals surface area contributed by atoms with Crippen LogP contribution >= 0.6 is 0 Å². The minimum Gasteiger partial charge on any atom is -0.376 e. The van der Waals surface area contributed by atoms with Crippen LogP contribution in [0.25, 0.3) is 0 Å². The Balaban J connectivity index is 2.34. The third kappa shape index (κ3) is 1.98. The van der Waals surface area contributed by atoms with Crippen molar-refractivity contribution < 1.29 is 4.74 Å². The second-order valence-corrected chi connectivity index (χ2v) is 3.33. The number of ether oxygens (including phenoxy) is 1. The van der Waals surface area contributed by atoms with Gasteiger partial charge in [-0.15, -0.1) is 0 Å². The van der Waals surface area contributed by atoms with Crippen molar-refractivity contribution in [3.8, 4) is 0 Å². The Labute approximate surface area is 57.4 Å². The molecule has 1 aliphatic rings. The fourth-order valence-corrected chi connectivity index (χ4v) is 1.74. The number of hydrogen-bond donors (Lipinski definition) is 0. The minimum atomic E-state index is 0.490. The lowest BCUT2D eigenvalue weighted by Gasteiger charge is -2.29. The first-order valence-electron chi connectivity index (χ1n) is 3.84. The van der Waals surface area contributed by atoms with Crippen LogP contribution in [0, 0.1) is 5.92 Å². The first kappa shape index (κ1) is 7.07. The van der Waals surface area contributed by atoms with Crippen LogP contribution in [0.4, 0.5) is 0 Å². The minimum absolute atomic E-state index is 0.490. The molecule has 0 unspecified atom stereocenters. The molecule has 0 saturated carbocycles. The van der Waals surface area contributed by atoms with E-state index in [0.717, 1.165) is 5.92 Å². The molecule has 0 aromatic carbocycles. The van der Waals surface area contributed by atoms with Gasteiger partial charge < -0.3 is 4.74 Å². The van der Waals surface area contributed by atoms with Crippen LogP contribution in [-0.2, 0) is 4.74 Å². The van der Waals surface area contributed by atoms with Gasteiger partial charge in [0.1, 0.15) is 0 Å². The zero-order valence-electron chi connectivity index (χ0n) is 6.55. The Morgan fingerprint density at radius 2 is 1.44 bits per heavy atom. The lowest BCUT2D eigenvalue weighted by molar-refractivity contribution is -0.0485. The van der Waals surface area contributed by atoms with Crippen LogP contribution in [0.1, 0.15) is 33.6 Å². The van der Waals surface area contributed by atoms with Gasteiger partial charge in [-0.25, -0.2) is 0 Å². The molecule has 0 bridgehead atoms. The summed E-state index contributed by atoms with van der Waals surface area (Å²) in [4.78, 5) is 0. The average Bonchev–Trinajstić information content (AvgIpc) is 1.59. The molecular formula is C8H16O. The van der Waals surface area contributed by atoms with Gasteiger partial charge in [-0.05, 0) is 32.6 Å². The van der Waals surface area contributed by atoms with Gasteiger partial charge in [-0.3, -0.25) is 0 Å². The maximum atomic E-state index is 5.56. The Morgan fingerprint density at radius 1 is 1.00 bits per heavy atom. The first-order valence-corrected chi connectivity index (χ1v) is 3.84. The Morgan fingerprint density at radius 3 is 1.78 bits per heavy atom. The first-order chi connectivity index (χ1) is 4.18. The summed E-state index contributed by atoms with van der Waals surface area (Å²) in [5, 5.41) is 0. The summed E-state index contributed by atoms with van der Waals surface area (Å²) in [5.74, 6) is 0.865. The van der Waals surface area contributed by atoms with Crippen LogP contribution < -0.4 is 0 Å². The maximum Gasteiger partial charge on any atom is 0.0553 e. The van der Waals surface area contributed by atoms with Crippen LogP contribution in [0.5, 0.6) is 0 Å². The summed E-state index contributed by atoms with van der Waals surface area (Å²) in [6.07, 6.45) is 3.46. The molecule has 1 aliphatic heterocycles. The van der Waals surface area contributed by atoms with Crippen molar-refractivity contribution in [3.63, 3.8) is 0 Å². The van der Waals surface area contributed by atoms with E-state index in [9.17, 15) is 0 Å². The summed E-state index contributed by atoms with van der Waals surface area (Å²) in [6, 6.07) is 0. The molecule has 0 N–H and O–H groups in total. The molecule has 0 spiro atoms. The highest BCUT2D eigenvalue weighted by Gasteiger charge is 2.20. The van der Waals surface area contributed by atoms with E-state index in [1.54, 1.807) is 0 Å². The maximum absolute atomic E-state index is 5.56. The van der Waals surface area contributed by atoms with Crippen molar-refractivity contribution in [2.45, 2.75) is 45.8 Å². The van der Waals surface area contributed by atoms with Gasteiger partial charge in [0, 0.05) is 0 Å². The van der Waals surface area contributed by atoms with Gasteiger partial charge in [0.15, 0.2) is 0 Å². The predicted molar refractivity (Wildman–Crippen MR) is 38.4 cm³/mol. The molecule has 1 fully saturated rings. The smallest absolute Gasteiger partial charge is 0.0553 e. The Hall–Kier alpha value is -0.0400. The second kappa shape index (κ2) is 2.70. The monoisotopic (exact) mass is 128 g/mol. The van der Waals surface area contributed by atoms with Crippen LogP contribution in [0.2, 0.25) is 0 Å². The molecule has 1 rings (SSSR count). The lowest BCUT2D eigenvalue weighted by atomic mass is 9.95. The third-order valence-corrected chi connectivity index (χ3v) is 1.93. The molecule has 0 radical (unpaired) electrons. The van der Waals surface area contributed by atoms with Crippen molar-refractivity contribution in [2.24, 2.45) is 5.92 Å². The zero-order chi connectivity index (χ0) is 6.85. The SMILES string of the molecule is CC1C[C@@H](C)O[C@H](C)C1. The topological polar surface area (TPSA) is 9.23 Å². The molecular weight excluding hydrogens is 112 g/mol. The molecule has 0 amide bonds. The zero-order valence-corrected chi connectivity index (χ0v) is 6.55. The van der Waals surface area contributed by atoms with E-state index in [4.69, 9.17) is 4.74 Å². The largest absolute Gasteiger partial charge is 0.376 e. The molecule has 2 atom stereocenters. The van der Waals surface area contributed by atoms with E-state index < -0.39 is 0 Å². The van der Waals surface area contributed by atoms with Gasteiger partial charge in [0.05, 0.1) is 12.2 Å². The van der Waals surface area contributed by atoms with Crippen molar-refractivity contribution in [1.29, 1.82) is 0 Å². The fourth-order valence-electron chi connectivity index (χ4n) is 1.74. The quantitative estimate of drug-likeness (QED) is 0.486. The number of hydrogen-bond acceptors (Lipinski definition) is 1. The lowest BCUT2D eigenvalue weighted by Crippen LogP contribution is -2.27. The third-order valence-electron chi connectivity index (χ3n) is 1.93. The fraction of sp³-hybridized carbons (Fsp3) is 1.00. The molecule has 1 heteroatoms. The normalized spacial score (nSPS) is 45.0. The van der Waals surface area contributed by atoms with Gasteiger partial charge in [-0.1, -0.05) is 6.92 Å². The van der Waals surface area contributed by atoms with E-state index in [2.05, 4.69) is 20.8 Å². The highest BCUT2D eigenvalue weighted by molar-refractivity contribution is 4.69. The standard InChI is InChI=1S/C8H16O/c1-6-4-7(2)9-8(3)5-6/h6-8H,4-5H2,1-3H3/t7-,8-/m1/s1. The van der Waals surface area contributed by atoms with E-state index in [-0.39, 0.29) is 0 Å². The Bertz CT molecular complexity index is 65.5. The molecule has 0 aromatic heterocycles. The second-order valence-electron chi connectivity index (χ2n) is 3.33. The molecule has 54 valence electrons. The van der Waals surface area contributed by atoms with Crippen molar-refractivity contribution >= 4 is 0 Å². The molecule has 1 nitrogen and oxygen atoms in total. The van der Waals surface area contributed by atoms with Crippen molar-refractivity contribution in [2.75, 3.05) is 0 Å². The van der Waals surface area contributed by atoms with Gasteiger partial charge in [0.25, 0.3) is 0 Å². The summed E-state index contributed by atoms with van der Waals surface area (Å²) < 4.78 is 5.56. The average molecular weight is 128 g/mol. The number of rotatable bonds is 0. The van der Waals surface area contributed by atoms with Gasteiger partial charge >= 0.3 is 0 Å². The van der Waals surface area contributed by atoms with Gasteiger partial charge in [-0.2, -0.15) is 0 Å². The predicted octanol–water partition coefficient (Wildman–Crippen LogP) is 2.21. The molecule has 0 aliphatic carbocycles. The van der Waals surface area contributed by atoms with E-state index in [1.165, 1.54) is 12.8 Å². The molecule has 0 aromatic rings. The Kier molecular flexibility index (Phi) is 2.12. The van der Waals surface area contributed by atoms with E-state index in [1.807, 2.05) is 0 Å². The van der Waals surface area contributed by atoms with Gasteiger partial charge in [0.2, 0.25) is 0 Å². The van der Waals surface area contributed by atoms with Crippen LogP contribution in [0.3, 0.4) is 0 Å². The highest BCUT2D eigenvalue weighted by atomic mass is 16.5. The summed E-state index contributed by atoms with van der Waals surface area (Å²) >= 11 is 0. The highest BCUT2D eigenvalue weighted by Crippen LogP contribution is 2.23. The summed E-state index contributed by atoms with van der Waals surface area (Å²) in [6.45, 7) is 6.62. The van der Waals surface area contributed by atoms with Crippen molar-refractivity contribution in [3.05, 3.63) is 0 Å². The molecule has 9 heavy (non-hydrogen) atoms.